The summed E-state index contributed by atoms with van der Waals surface area (Å²) in [6.45, 7) is 6.28. The first-order valence-electron chi connectivity index (χ1n) is 14.7. The summed E-state index contributed by atoms with van der Waals surface area (Å²) >= 11 is 0. The second-order valence-corrected chi connectivity index (χ2v) is 13.8. The third kappa shape index (κ3) is 5.60. The maximum absolute atomic E-state index is 16.0. The molecule has 272 valence electrons. The normalized spacial score (nSPS) is 14.7. The van der Waals surface area contributed by atoms with E-state index in [-0.39, 0.29) is 22.7 Å². The van der Waals surface area contributed by atoms with Gasteiger partial charge in [-0.25, -0.2) is 70.4 Å². The van der Waals surface area contributed by atoms with Crippen LogP contribution in [0.1, 0.15) is 33.3 Å². The fourth-order valence-electron chi connectivity index (χ4n) is 6.43. The molecule has 19 heteroatoms. The van der Waals surface area contributed by atoms with Crippen molar-refractivity contribution in [3.63, 3.8) is 0 Å². The van der Waals surface area contributed by atoms with Crippen LogP contribution in [0, 0.1) is 87.3 Å². The minimum Gasteiger partial charge on any atom is -0.546 e. The molecule has 0 amide bonds. The molecule has 0 saturated heterocycles. The molecule has 1 aliphatic rings. The van der Waals surface area contributed by atoms with E-state index in [1.807, 2.05) is 0 Å². The van der Waals surface area contributed by atoms with Gasteiger partial charge in [-0.15, -0.1) is 0 Å². The van der Waals surface area contributed by atoms with Crippen LogP contribution >= 0.6 is 8.15 Å². The molecule has 0 radical (unpaired) electrons. The molecule has 0 fully saturated rings. The molecule has 2 nitrogen and oxygen atoms in total. The average molecular weight is 761 g/mol. The zero-order valence-corrected chi connectivity index (χ0v) is 27.1. The van der Waals surface area contributed by atoms with Crippen molar-refractivity contribution in [1.29, 1.82) is 0 Å². The van der Waals surface area contributed by atoms with E-state index in [1.165, 1.54) is 28.8 Å². The van der Waals surface area contributed by atoms with Crippen LogP contribution in [0.4, 0.5) is 65.9 Å². The molecular formula is C32H20BF15NOP. The highest BCUT2D eigenvalue weighted by molar-refractivity contribution is 7.79. The van der Waals surface area contributed by atoms with Gasteiger partial charge < -0.3 is 4.44 Å². The van der Waals surface area contributed by atoms with Crippen LogP contribution in [-0.2, 0) is 10.9 Å². The first-order chi connectivity index (χ1) is 23.7. The molecule has 5 rings (SSSR count). The summed E-state index contributed by atoms with van der Waals surface area (Å²) in [6, 6.07) is 4.10. The van der Waals surface area contributed by atoms with Crippen molar-refractivity contribution >= 4 is 41.6 Å². The third-order valence-electron chi connectivity index (χ3n) is 8.42. The number of halogens is 15. The van der Waals surface area contributed by atoms with Gasteiger partial charge in [-0.2, -0.15) is 0 Å². The highest BCUT2D eigenvalue weighted by atomic mass is 31.1. The molecule has 4 aromatic rings. The van der Waals surface area contributed by atoms with Gasteiger partial charge in [0.25, 0.3) is 0 Å². The quantitative estimate of drug-likeness (QED) is 0.0483. The molecule has 1 aliphatic heterocycles. The third-order valence-corrected chi connectivity index (χ3v) is 10.7. The molecule has 1 heterocycles. The number of rotatable bonds is 7. The molecular weight excluding hydrogens is 741 g/mol. The zero-order chi connectivity index (χ0) is 38.2. The number of hydrogen-bond acceptors (Lipinski definition) is 1. The second kappa shape index (κ2) is 13.5. The predicted octanol–water partition coefficient (Wildman–Crippen LogP) is 7.26. The molecule has 0 bridgehead atoms. The van der Waals surface area contributed by atoms with Crippen molar-refractivity contribution in [2.75, 3.05) is 0 Å². The molecule has 0 saturated carbocycles. The zero-order valence-electron chi connectivity index (χ0n) is 26.2. The molecule has 4 aromatic carbocycles. The minimum atomic E-state index is -6.18. The largest absolute Gasteiger partial charge is 0.546 e. The Morgan fingerprint density at radius 1 is 0.490 bits per heavy atom. The summed E-state index contributed by atoms with van der Waals surface area (Å²) < 4.78 is 237. The van der Waals surface area contributed by atoms with E-state index in [1.54, 1.807) is 27.7 Å². The Kier molecular flexibility index (Phi) is 10.1. The fourth-order valence-corrected chi connectivity index (χ4v) is 9.20. The van der Waals surface area contributed by atoms with Gasteiger partial charge in [0.05, 0.1) is 6.42 Å². The van der Waals surface area contributed by atoms with Crippen molar-refractivity contribution in [3.8, 4) is 0 Å². The maximum Gasteiger partial charge on any atom is 0.220 e. The van der Waals surface area contributed by atoms with Crippen molar-refractivity contribution in [2.45, 2.75) is 46.2 Å². The Balaban J connectivity index is 2.18. The molecule has 0 spiro atoms. The average Bonchev–Trinajstić information content (AvgIpc) is 3.42. The van der Waals surface area contributed by atoms with Crippen molar-refractivity contribution in [2.24, 2.45) is 0 Å². The van der Waals surface area contributed by atoms with Crippen LogP contribution in [0.25, 0.3) is 0 Å². The van der Waals surface area contributed by atoms with E-state index >= 15 is 52.7 Å². The lowest BCUT2D eigenvalue weighted by atomic mass is 9.28. The van der Waals surface area contributed by atoms with E-state index in [4.69, 9.17) is 4.44 Å². The molecule has 0 aromatic heterocycles. The lowest BCUT2D eigenvalue weighted by molar-refractivity contribution is -0.586. The monoisotopic (exact) mass is 761 g/mol. The highest BCUT2D eigenvalue weighted by Crippen LogP contribution is 2.49. The van der Waals surface area contributed by atoms with Crippen LogP contribution < -0.4 is 21.7 Å². The SMILES string of the molecule is CC(C)[N+](=C1Cc2ccccc2P1O[B-](c1c(F)c(F)c(F)c(F)c1F)(c1c(F)c(F)c(F)c(F)c1F)c1c(F)c(F)c(F)c(F)c1F)C(C)C. The standard InChI is InChI=1S/C32H20BF15NOP/c1-10(2)49(11(3)4)14-9-12-7-5-6-8-13(12)51(14)50-33(15-18(34)24(40)30(46)25(41)19(15)35,16-20(36)26(42)31(47)27(43)21(16)37)17-22(38)28(44)32(48)29(45)23(17)39/h5-8,10-11H,9H2,1-4H3. The molecule has 0 aliphatic carbocycles. The minimum absolute atomic E-state index is 0.0703. The topological polar surface area (TPSA) is 12.2 Å². The Bertz CT molecular complexity index is 1890. The van der Waals surface area contributed by atoms with Crippen molar-refractivity contribution in [1.82, 2.24) is 0 Å². The number of fused-ring (bicyclic) bond motifs is 1. The van der Waals surface area contributed by atoms with E-state index in [2.05, 4.69) is 0 Å². The number of hydrogen-bond donors (Lipinski definition) is 0. The maximum atomic E-state index is 16.0. The first-order valence-corrected chi connectivity index (χ1v) is 15.9. The second-order valence-electron chi connectivity index (χ2n) is 12.0. The summed E-state index contributed by atoms with van der Waals surface area (Å²) in [6.07, 6.45) is -6.44. The Labute approximate surface area is 279 Å². The van der Waals surface area contributed by atoms with Crippen LogP contribution in [0.2, 0.25) is 0 Å². The number of nitrogens with zero attached hydrogens (tertiary/aromatic N) is 1. The highest BCUT2D eigenvalue weighted by Gasteiger charge is 2.53. The van der Waals surface area contributed by atoms with Gasteiger partial charge in [0, 0.05) is 5.30 Å². The lowest BCUT2D eigenvalue weighted by Crippen LogP contribution is -2.74. The van der Waals surface area contributed by atoms with Crippen LogP contribution in [0.3, 0.4) is 0 Å². The summed E-state index contributed by atoms with van der Waals surface area (Å²) in [5.41, 5.74) is -8.25. The molecule has 1 atom stereocenters. The van der Waals surface area contributed by atoms with Gasteiger partial charge in [0.2, 0.25) is 11.8 Å². The van der Waals surface area contributed by atoms with Gasteiger partial charge in [-0.05, 0) is 33.3 Å². The van der Waals surface area contributed by atoms with E-state index in [0.717, 1.165) is 0 Å². The lowest BCUT2D eigenvalue weighted by Gasteiger charge is -2.46. The predicted molar refractivity (Wildman–Crippen MR) is 157 cm³/mol. The van der Waals surface area contributed by atoms with Gasteiger partial charge in [0.15, 0.2) is 52.4 Å². The Morgan fingerprint density at radius 2 is 0.784 bits per heavy atom. The smallest absolute Gasteiger partial charge is 0.220 e. The van der Waals surface area contributed by atoms with Gasteiger partial charge in [0.1, 0.15) is 55.1 Å². The molecule has 51 heavy (non-hydrogen) atoms. The fraction of sp³-hybridized carbons (Fsp3) is 0.219. The summed E-state index contributed by atoms with van der Waals surface area (Å²) in [5.74, 6) is -46.2. The van der Waals surface area contributed by atoms with E-state index < -0.39 is 130 Å². The Morgan fingerprint density at radius 3 is 1.10 bits per heavy atom. The van der Waals surface area contributed by atoms with E-state index in [0.29, 0.717) is 0 Å². The van der Waals surface area contributed by atoms with Crippen LogP contribution in [-0.4, -0.2) is 28.5 Å². The summed E-state index contributed by atoms with van der Waals surface area (Å²) in [7, 11) is -3.19. The Hall–Kier alpha value is -4.05. The summed E-state index contributed by atoms with van der Waals surface area (Å²) in [5, 5.41) is -0.142. The van der Waals surface area contributed by atoms with Crippen LogP contribution in [0.5, 0.6) is 0 Å². The summed E-state index contributed by atoms with van der Waals surface area (Å²) in [4.78, 5) is 0. The van der Waals surface area contributed by atoms with Gasteiger partial charge in [-0.3, -0.25) is 0 Å². The van der Waals surface area contributed by atoms with Crippen molar-refractivity contribution in [3.05, 3.63) is 117 Å². The van der Waals surface area contributed by atoms with Gasteiger partial charge >= 0.3 is 0 Å². The number of benzene rings is 4. The van der Waals surface area contributed by atoms with E-state index in [9.17, 15) is 13.2 Å². The first kappa shape index (κ1) is 38.2. The van der Waals surface area contributed by atoms with Gasteiger partial charge in [-0.1, -0.05) is 40.7 Å². The molecule has 0 N–H and O–H groups in total. The van der Waals surface area contributed by atoms with Crippen molar-refractivity contribution < 1.29 is 74.9 Å². The molecule has 1 unspecified atom stereocenters. The van der Waals surface area contributed by atoms with Crippen LogP contribution in [0.15, 0.2) is 24.3 Å².